The van der Waals surface area contributed by atoms with Crippen LogP contribution >= 0.6 is 0 Å². The summed E-state index contributed by atoms with van der Waals surface area (Å²) in [4.78, 5) is 12.8. The molecule has 0 fully saturated rings. The quantitative estimate of drug-likeness (QED) is 0.605. The largest absolute Gasteiger partial charge is 0.518 e. The molecule has 1 radical (unpaired) electrons. The van der Waals surface area contributed by atoms with Crippen molar-refractivity contribution in [3.8, 4) is 0 Å². The lowest BCUT2D eigenvalue weighted by atomic mass is 10.1. The zero-order chi connectivity index (χ0) is 16.0. The van der Waals surface area contributed by atoms with Crippen molar-refractivity contribution in [2.75, 3.05) is 14.2 Å². The van der Waals surface area contributed by atoms with Gasteiger partial charge in [-0.3, -0.25) is 4.79 Å². The Morgan fingerprint density at radius 2 is 1.60 bits per heavy atom. The molecule has 6 heteroatoms. The minimum atomic E-state index is -2.03. The van der Waals surface area contributed by atoms with Gasteiger partial charge in [-0.15, -0.1) is 0 Å². The van der Waals surface area contributed by atoms with Crippen LogP contribution in [0.5, 0.6) is 0 Å². The number of carbonyl (C=O) groups is 1. The highest BCUT2D eigenvalue weighted by Crippen LogP contribution is 2.39. The first kappa shape index (κ1) is 19.8. The van der Waals surface area contributed by atoms with Crippen molar-refractivity contribution >= 4 is 23.6 Å². The van der Waals surface area contributed by atoms with E-state index in [1.165, 1.54) is 0 Å². The van der Waals surface area contributed by atoms with Gasteiger partial charge in [-0.25, -0.2) is 0 Å². The van der Waals surface area contributed by atoms with Gasteiger partial charge in [-0.1, -0.05) is 34.6 Å². The van der Waals surface area contributed by atoms with Gasteiger partial charge in [0, 0.05) is 14.2 Å². The van der Waals surface area contributed by atoms with Crippen molar-refractivity contribution in [2.24, 2.45) is 0 Å². The van der Waals surface area contributed by atoms with Crippen molar-refractivity contribution < 1.29 is 18.1 Å². The fourth-order valence-electron chi connectivity index (χ4n) is 2.53. The summed E-state index contributed by atoms with van der Waals surface area (Å²) in [6.45, 7) is 12.5. The van der Waals surface area contributed by atoms with E-state index >= 15 is 0 Å². The van der Waals surface area contributed by atoms with Crippen LogP contribution in [0, 0.1) is 0 Å². The monoisotopic (exact) mass is 319 g/mol. The van der Waals surface area contributed by atoms with E-state index in [0.717, 1.165) is 12.1 Å². The first-order valence-corrected chi connectivity index (χ1v) is 11.2. The van der Waals surface area contributed by atoms with Gasteiger partial charge >= 0.3 is 9.28 Å². The third-order valence-corrected chi connectivity index (χ3v) is 11.8. The van der Waals surface area contributed by atoms with Gasteiger partial charge in [0.15, 0.2) is 0 Å². The van der Waals surface area contributed by atoms with Crippen LogP contribution in [0.4, 0.5) is 0 Å². The number of hydrogen-bond acceptors (Lipinski definition) is 4. The Labute approximate surface area is 127 Å². The second-order valence-electron chi connectivity index (χ2n) is 5.70. The molecule has 1 atom stereocenters. The molecule has 0 aliphatic heterocycles. The third-order valence-electron chi connectivity index (χ3n) is 4.52. The summed E-state index contributed by atoms with van der Waals surface area (Å²) in [5.74, 6) is -0.137. The summed E-state index contributed by atoms with van der Waals surface area (Å²) in [6, 6.07) is 1.91. The normalized spacial score (nSPS) is 15.5. The Kier molecular flexibility index (Phi) is 8.24. The molecule has 20 heavy (non-hydrogen) atoms. The van der Waals surface area contributed by atoms with Crippen molar-refractivity contribution in [1.29, 1.82) is 0 Å². The highest BCUT2D eigenvalue weighted by molar-refractivity contribution is 6.76. The molecule has 0 aromatic carbocycles. The van der Waals surface area contributed by atoms with Crippen molar-refractivity contribution in [2.45, 2.75) is 70.6 Å². The van der Waals surface area contributed by atoms with E-state index in [1.807, 2.05) is 13.8 Å². The van der Waals surface area contributed by atoms with E-state index < -0.39 is 22.6 Å². The van der Waals surface area contributed by atoms with Gasteiger partial charge < -0.3 is 13.3 Å². The summed E-state index contributed by atoms with van der Waals surface area (Å²) in [5.41, 5.74) is 0.420. The highest BCUT2D eigenvalue weighted by Gasteiger charge is 2.50. The molecule has 0 saturated carbocycles. The average molecular weight is 320 g/mol. The first-order chi connectivity index (χ1) is 9.27. The van der Waals surface area contributed by atoms with Crippen LogP contribution in [0.15, 0.2) is 0 Å². The maximum absolute atomic E-state index is 12.8. The molecular formula is C14H31O4Si2. The topological polar surface area (TPSA) is 44.8 Å². The zero-order valence-corrected chi connectivity index (χ0v) is 16.3. The summed E-state index contributed by atoms with van der Waals surface area (Å²) >= 11 is 0. The fourth-order valence-corrected chi connectivity index (χ4v) is 7.46. The molecule has 4 nitrogen and oxygen atoms in total. The molecule has 0 bridgehead atoms. The Morgan fingerprint density at radius 3 is 1.85 bits per heavy atom. The van der Waals surface area contributed by atoms with Crippen molar-refractivity contribution in [3.05, 3.63) is 0 Å². The van der Waals surface area contributed by atoms with Crippen LogP contribution in [-0.2, 0) is 18.1 Å². The third kappa shape index (κ3) is 3.93. The molecule has 0 heterocycles. The Bertz CT molecular complexity index is 302. The summed E-state index contributed by atoms with van der Waals surface area (Å²) < 4.78 is 16.9. The standard InChI is InChI=1S/C14H31O4Si2/c1-9-14(6,19(16-7)17-8)13(15)18-20(10-2,11-3)12(4)5/h12H,9-11H2,1-8H3. The van der Waals surface area contributed by atoms with Gasteiger partial charge in [0.1, 0.15) is 5.04 Å². The number of rotatable bonds is 9. The minimum Gasteiger partial charge on any atom is -0.518 e. The maximum Gasteiger partial charge on any atom is 0.402 e. The molecule has 0 saturated heterocycles. The van der Waals surface area contributed by atoms with Crippen LogP contribution in [0.3, 0.4) is 0 Å². The predicted octanol–water partition coefficient (Wildman–Crippen LogP) is 3.88. The lowest BCUT2D eigenvalue weighted by Gasteiger charge is -2.38. The number of hydrogen-bond donors (Lipinski definition) is 0. The van der Waals surface area contributed by atoms with Gasteiger partial charge in [0.25, 0.3) is 14.3 Å². The predicted molar refractivity (Wildman–Crippen MR) is 86.3 cm³/mol. The van der Waals surface area contributed by atoms with E-state index in [1.54, 1.807) is 14.2 Å². The second kappa shape index (κ2) is 8.31. The molecule has 0 N–H and O–H groups in total. The van der Waals surface area contributed by atoms with E-state index in [2.05, 4.69) is 27.7 Å². The first-order valence-electron chi connectivity index (χ1n) is 7.46. The van der Waals surface area contributed by atoms with Gasteiger partial charge in [-0.05, 0) is 31.0 Å². The highest BCUT2D eigenvalue weighted by atomic mass is 28.4. The molecule has 0 aliphatic rings. The van der Waals surface area contributed by atoms with E-state index in [0.29, 0.717) is 12.0 Å². The van der Waals surface area contributed by atoms with E-state index in [9.17, 15) is 4.79 Å². The van der Waals surface area contributed by atoms with Gasteiger partial charge in [-0.2, -0.15) is 0 Å². The zero-order valence-electron chi connectivity index (χ0n) is 14.3. The molecule has 0 aliphatic carbocycles. The molecule has 1 unspecified atom stereocenters. The van der Waals surface area contributed by atoms with E-state index in [4.69, 9.17) is 13.3 Å². The molecule has 0 aromatic heterocycles. The molecule has 0 amide bonds. The molecular weight excluding hydrogens is 288 g/mol. The lowest BCUT2D eigenvalue weighted by Crippen LogP contribution is -2.48. The minimum absolute atomic E-state index is 0.137. The van der Waals surface area contributed by atoms with Crippen LogP contribution in [0.2, 0.25) is 22.7 Å². The van der Waals surface area contributed by atoms with Gasteiger partial charge in [0.2, 0.25) is 0 Å². The Morgan fingerprint density at radius 1 is 1.15 bits per heavy atom. The van der Waals surface area contributed by atoms with Crippen molar-refractivity contribution in [3.63, 3.8) is 0 Å². The fraction of sp³-hybridized carbons (Fsp3) is 0.929. The van der Waals surface area contributed by atoms with Gasteiger partial charge in [0.05, 0.1) is 0 Å². The molecule has 0 rings (SSSR count). The van der Waals surface area contributed by atoms with Crippen LogP contribution in [-0.4, -0.2) is 37.8 Å². The van der Waals surface area contributed by atoms with Crippen LogP contribution < -0.4 is 0 Å². The molecule has 0 aromatic rings. The lowest BCUT2D eigenvalue weighted by molar-refractivity contribution is -0.139. The van der Waals surface area contributed by atoms with Crippen molar-refractivity contribution in [1.82, 2.24) is 0 Å². The molecule has 0 spiro atoms. The number of carbonyl (C=O) groups excluding carboxylic acids is 1. The SMILES string of the molecule is CCC(C)(C(=O)O[Si](CC)(CC)C(C)C)[Si](OC)OC. The van der Waals surface area contributed by atoms with E-state index in [-0.39, 0.29) is 5.97 Å². The smallest absolute Gasteiger partial charge is 0.402 e. The summed E-state index contributed by atoms with van der Waals surface area (Å²) in [7, 11) is -0.495. The van der Waals surface area contributed by atoms with Crippen LogP contribution in [0.25, 0.3) is 0 Å². The molecule has 119 valence electrons. The van der Waals surface area contributed by atoms with Crippen LogP contribution in [0.1, 0.15) is 48.0 Å². The Balaban J connectivity index is 5.30. The maximum atomic E-state index is 12.8. The second-order valence-corrected chi connectivity index (χ2v) is 13.1. The summed E-state index contributed by atoms with van der Waals surface area (Å²) in [6.07, 6.45) is 0.664. The summed E-state index contributed by atoms with van der Waals surface area (Å²) in [5, 5.41) is -0.661. The average Bonchev–Trinajstić information content (AvgIpc) is 2.44. The Hall–Kier alpha value is -0.176.